The molecule has 10 aliphatic rings. The lowest BCUT2D eigenvalue weighted by molar-refractivity contribution is -0.125. The molecule has 10 nitrogen and oxygen atoms in total. The Labute approximate surface area is 753 Å². The number of hydrogen-bond donors (Lipinski definition) is 0. The van der Waals surface area contributed by atoms with Crippen LogP contribution < -0.4 is 0 Å². The van der Waals surface area contributed by atoms with E-state index >= 15 is 0 Å². The quantitative estimate of drug-likeness (QED) is 0.211. The summed E-state index contributed by atoms with van der Waals surface area (Å²) in [6.07, 6.45) is 20.9. The van der Waals surface area contributed by atoms with Gasteiger partial charge in [0.1, 0.15) is 0 Å². The number of rotatable bonds is 10. The third-order valence-electron chi connectivity index (χ3n) is 37.8. The molecular formula is C110H220O10. The Morgan fingerprint density at radius 3 is 0.200 bits per heavy atom. The van der Waals surface area contributed by atoms with Gasteiger partial charge in [-0.3, -0.25) is 0 Å². The van der Waals surface area contributed by atoms with Crippen LogP contribution in [0.1, 0.15) is 410 Å². The lowest BCUT2D eigenvalue weighted by Crippen LogP contribution is -2.42. The molecule has 0 bridgehead atoms. The van der Waals surface area contributed by atoms with E-state index in [1.54, 1.807) is 0 Å². The molecule has 10 heterocycles. The minimum atomic E-state index is 0.446. The van der Waals surface area contributed by atoms with Gasteiger partial charge in [-0.05, 0) is 311 Å². The second-order valence-corrected chi connectivity index (χ2v) is 43.7. The van der Waals surface area contributed by atoms with E-state index in [1.807, 2.05) is 0 Å². The summed E-state index contributed by atoms with van der Waals surface area (Å²) in [6.45, 7) is 114. The Hall–Kier alpha value is -0.400. The second kappa shape index (κ2) is 57.0. The van der Waals surface area contributed by atoms with Crippen molar-refractivity contribution < 1.29 is 47.4 Å². The van der Waals surface area contributed by atoms with Crippen molar-refractivity contribution in [2.75, 3.05) is 0 Å². The fraction of sp³-hybridized carbons (Fsp3) is 1.00. The maximum absolute atomic E-state index is 5.93. The highest BCUT2D eigenvalue weighted by molar-refractivity contribution is 4.92. The first-order valence-corrected chi connectivity index (χ1v) is 52.3. The third kappa shape index (κ3) is 33.2. The summed E-state index contributed by atoms with van der Waals surface area (Å²) in [5, 5.41) is 0. The van der Waals surface area contributed by atoms with Gasteiger partial charge in [-0.25, -0.2) is 0 Å². The molecule has 0 aromatic carbocycles. The van der Waals surface area contributed by atoms with Crippen LogP contribution in [-0.2, 0) is 47.4 Å². The standard InChI is InChI=1S/10C11H22O/c10*1-6-11-9(4)7(2)8(3)10(5)12-11/h10*7-11H,6H2,1-5H3. The normalized spacial score (nSPS) is 49.2. The Balaban J connectivity index is 0.000000667. The minimum Gasteiger partial charge on any atom is -0.375 e. The zero-order valence-electron chi connectivity index (χ0n) is 90.0. The summed E-state index contributed by atoms with van der Waals surface area (Å²) in [4.78, 5) is 0. The molecule has 0 aromatic rings. The van der Waals surface area contributed by atoms with Crippen LogP contribution in [0.5, 0.6) is 0 Å². The summed E-state index contributed by atoms with van der Waals surface area (Å²) >= 11 is 0. The molecule has 50 unspecified atom stereocenters. The van der Waals surface area contributed by atoms with Crippen LogP contribution in [0.25, 0.3) is 0 Å². The molecule has 120 heavy (non-hydrogen) atoms. The van der Waals surface area contributed by atoms with E-state index in [-0.39, 0.29) is 0 Å². The van der Waals surface area contributed by atoms with E-state index < -0.39 is 0 Å². The van der Waals surface area contributed by atoms with E-state index in [9.17, 15) is 0 Å². The Morgan fingerprint density at radius 2 is 0.150 bits per heavy atom. The zero-order chi connectivity index (χ0) is 93.0. The van der Waals surface area contributed by atoms with E-state index in [2.05, 4.69) is 346 Å². The van der Waals surface area contributed by atoms with Gasteiger partial charge in [0.2, 0.25) is 0 Å². The molecule has 0 saturated carbocycles. The predicted octanol–water partition coefficient (Wildman–Crippen LogP) is 30.9. The largest absolute Gasteiger partial charge is 0.375 e. The molecule has 0 N–H and O–H groups in total. The van der Waals surface area contributed by atoms with Gasteiger partial charge in [0.25, 0.3) is 0 Å². The van der Waals surface area contributed by atoms with Gasteiger partial charge in [-0.1, -0.05) is 277 Å². The summed E-state index contributed by atoms with van der Waals surface area (Å²) < 4.78 is 59.3. The molecule has 720 valence electrons. The molecule has 50 atom stereocenters. The van der Waals surface area contributed by atoms with Crippen molar-refractivity contribution in [1.82, 2.24) is 0 Å². The first kappa shape index (κ1) is 118. The SMILES string of the molecule is CCC1OC(C)C(C)C(C)C1C.CCC1OC(C)C(C)C(C)C1C.CCC1OC(C)C(C)C(C)C1C.CCC1OC(C)C(C)C(C)C1C.CCC1OC(C)C(C)C(C)C1C.CCC1OC(C)C(C)C(C)C1C.CCC1OC(C)C(C)C(C)C1C.CCC1OC(C)C(C)C(C)C1C.CCC1OC(C)C(C)C(C)C1C.CCC1OC(C)C(C)C(C)C1C. The van der Waals surface area contributed by atoms with Gasteiger partial charge >= 0.3 is 0 Å². The van der Waals surface area contributed by atoms with Crippen LogP contribution in [0.4, 0.5) is 0 Å². The van der Waals surface area contributed by atoms with Crippen molar-refractivity contribution in [3.8, 4) is 0 Å². The molecule has 0 amide bonds. The van der Waals surface area contributed by atoms with E-state index in [0.29, 0.717) is 181 Å². The molecule has 10 rings (SSSR count). The molecule has 0 aliphatic carbocycles. The van der Waals surface area contributed by atoms with E-state index in [1.165, 1.54) is 0 Å². The van der Waals surface area contributed by atoms with Crippen LogP contribution >= 0.6 is 0 Å². The molecule has 0 spiro atoms. The highest BCUT2D eigenvalue weighted by Crippen LogP contribution is 2.44. The molecule has 10 heteroatoms. The van der Waals surface area contributed by atoms with Crippen molar-refractivity contribution in [2.24, 2.45) is 178 Å². The van der Waals surface area contributed by atoms with Crippen molar-refractivity contribution in [3.05, 3.63) is 0 Å². The van der Waals surface area contributed by atoms with Gasteiger partial charge in [0, 0.05) is 0 Å². The van der Waals surface area contributed by atoms with Crippen LogP contribution in [0.15, 0.2) is 0 Å². The number of hydrogen-bond acceptors (Lipinski definition) is 10. The molecule has 0 aromatic heterocycles. The van der Waals surface area contributed by atoms with Crippen LogP contribution in [0, 0.1) is 178 Å². The van der Waals surface area contributed by atoms with Crippen LogP contribution in [0.3, 0.4) is 0 Å². The molecular weight excluding hydrogens is 1480 g/mol. The third-order valence-corrected chi connectivity index (χ3v) is 37.8. The monoisotopic (exact) mass is 1700 g/mol. The summed E-state index contributed by atoms with van der Waals surface area (Å²) in [5.41, 5.74) is 0. The van der Waals surface area contributed by atoms with Gasteiger partial charge in [-0.2, -0.15) is 0 Å². The Bertz CT molecular complexity index is 1960. The van der Waals surface area contributed by atoms with Gasteiger partial charge in [0.15, 0.2) is 0 Å². The van der Waals surface area contributed by atoms with Gasteiger partial charge in [-0.15, -0.1) is 0 Å². The molecule has 10 saturated heterocycles. The highest BCUT2D eigenvalue weighted by Gasteiger charge is 2.44. The van der Waals surface area contributed by atoms with Gasteiger partial charge in [0.05, 0.1) is 122 Å². The zero-order valence-corrected chi connectivity index (χ0v) is 90.0. The molecule has 10 aliphatic heterocycles. The molecule has 10 fully saturated rings. The lowest BCUT2D eigenvalue weighted by atomic mass is 9.76. The van der Waals surface area contributed by atoms with Crippen molar-refractivity contribution in [1.29, 1.82) is 0 Å². The Morgan fingerprint density at radius 1 is 0.0917 bits per heavy atom. The summed E-state index contributed by atoms with van der Waals surface area (Å²) in [7, 11) is 0. The highest BCUT2D eigenvalue weighted by atomic mass is 16.5. The average Bonchev–Trinajstić information content (AvgIpc) is 0.913. The lowest BCUT2D eigenvalue weighted by Gasteiger charge is -2.42. The first-order chi connectivity index (χ1) is 55.7. The van der Waals surface area contributed by atoms with E-state index in [0.717, 1.165) is 183 Å². The van der Waals surface area contributed by atoms with Crippen molar-refractivity contribution >= 4 is 0 Å². The van der Waals surface area contributed by atoms with E-state index in [4.69, 9.17) is 47.4 Å². The topological polar surface area (TPSA) is 92.3 Å². The maximum Gasteiger partial charge on any atom is 0.0604 e. The maximum atomic E-state index is 5.93. The van der Waals surface area contributed by atoms with Crippen molar-refractivity contribution in [3.63, 3.8) is 0 Å². The fourth-order valence-corrected chi connectivity index (χ4v) is 22.4. The van der Waals surface area contributed by atoms with Gasteiger partial charge < -0.3 is 47.4 Å². The second-order valence-electron chi connectivity index (χ2n) is 43.7. The first-order valence-electron chi connectivity index (χ1n) is 52.3. The predicted molar refractivity (Wildman–Crippen MR) is 521 cm³/mol. The number of ether oxygens (including phenoxy) is 10. The average molecular weight is 1700 g/mol. The Kier molecular flexibility index (Phi) is 55.9. The smallest absolute Gasteiger partial charge is 0.0604 e. The van der Waals surface area contributed by atoms with Crippen LogP contribution in [-0.4, -0.2) is 122 Å². The fourth-order valence-electron chi connectivity index (χ4n) is 22.4. The minimum absolute atomic E-state index is 0.446. The summed E-state index contributed by atoms with van der Waals surface area (Å²) in [6, 6.07) is 0. The van der Waals surface area contributed by atoms with Crippen LogP contribution in [0.2, 0.25) is 0 Å². The van der Waals surface area contributed by atoms with Crippen molar-refractivity contribution in [2.45, 2.75) is 532 Å². The summed E-state index contributed by atoms with van der Waals surface area (Å²) in [5.74, 6) is 22.4. The molecule has 0 radical (unpaired) electrons.